The zero-order chi connectivity index (χ0) is 22.3. The third kappa shape index (κ3) is 5.25. The number of aromatic nitrogens is 4. The minimum atomic E-state index is 0.0534. The number of unbranched alkanes of at least 4 members (excludes halogenated alkanes) is 2. The van der Waals surface area contributed by atoms with E-state index in [0.717, 1.165) is 36.8 Å². The standard InChI is InChI=1S/C24H30N6O2/c1-3-4-5-18-32-21-8-6-20(7-9-21)24(31)29-16-14-28(15-17-29)22-10-11-23(26-25-22)30-13-12-19(2)27-30/h6-13H,3-5,14-18H2,1-2H3. The normalized spacial score (nSPS) is 13.9. The lowest BCUT2D eigenvalue weighted by molar-refractivity contribution is 0.0746. The third-order valence-electron chi connectivity index (χ3n) is 5.60. The Bertz CT molecular complexity index is 1010. The van der Waals surface area contributed by atoms with Gasteiger partial charge in [-0.05, 0) is 55.8 Å². The molecule has 2 aromatic heterocycles. The molecule has 0 bridgehead atoms. The number of piperazine rings is 1. The summed E-state index contributed by atoms with van der Waals surface area (Å²) in [5.74, 6) is 2.37. The molecule has 0 N–H and O–H groups in total. The van der Waals surface area contributed by atoms with Crippen LogP contribution in [0.5, 0.6) is 5.75 Å². The minimum Gasteiger partial charge on any atom is -0.494 e. The van der Waals surface area contributed by atoms with Crippen LogP contribution in [-0.4, -0.2) is 63.6 Å². The highest BCUT2D eigenvalue weighted by Crippen LogP contribution is 2.18. The maximum Gasteiger partial charge on any atom is 0.253 e. The van der Waals surface area contributed by atoms with Crippen LogP contribution >= 0.6 is 0 Å². The number of anilines is 1. The third-order valence-corrected chi connectivity index (χ3v) is 5.60. The number of hydrogen-bond donors (Lipinski definition) is 0. The van der Waals surface area contributed by atoms with Crippen molar-refractivity contribution in [3.63, 3.8) is 0 Å². The Labute approximate surface area is 188 Å². The molecular weight excluding hydrogens is 404 g/mol. The van der Waals surface area contributed by atoms with Gasteiger partial charge >= 0.3 is 0 Å². The zero-order valence-electron chi connectivity index (χ0n) is 18.8. The van der Waals surface area contributed by atoms with E-state index < -0.39 is 0 Å². The van der Waals surface area contributed by atoms with Crippen molar-refractivity contribution in [1.82, 2.24) is 24.9 Å². The molecule has 1 aliphatic rings. The van der Waals surface area contributed by atoms with Gasteiger partial charge in [0.25, 0.3) is 5.91 Å². The quantitative estimate of drug-likeness (QED) is 0.505. The highest BCUT2D eigenvalue weighted by atomic mass is 16.5. The van der Waals surface area contributed by atoms with E-state index in [9.17, 15) is 4.79 Å². The van der Waals surface area contributed by atoms with Gasteiger partial charge in [0, 0.05) is 37.9 Å². The van der Waals surface area contributed by atoms with Crippen LogP contribution in [-0.2, 0) is 0 Å². The molecule has 0 radical (unpaired) electrons. The van der Waals surface area contributed by atoms with Gasteiger partial charge in [0.15, 0.2) is 11.6 Å². The number of carbonyl (C=O) groups is 1. The van der Waals surface area contributed by atoms with Crippen LogP contribution in [0.2, 0.25) is 0 Å². The topological polar surface area (TPSA) is 76.4 Å². The summed E-state index contributed by atoms with van der Waals surface area (Å²) in [7, 11) is 0. The molecule has 1 aliphatic heterocycles. The summed E-state index contributed by atoms with van der Waals surface area (Å²) in [6.45, 7) is 7.57. The number of amides is 1. The molecule has 1 amide bonds. The van der Waals surface area contributed by atoms with Gasteiger partial charge in [-0.25, -0.2) is 4.68 Å². The van der Waals surface area contributed by atoms with Crippen molar-refractivity contribution >= 4 is 11.7 Å². The van der Waals surface area contributed by atoms with E-state index in [1.807, 2.05) is 60.5 Å². The molecule has 0 saturated carbocycles. The lowest BCUT2D eigenvalue weighted by Gasteiger charge is -2.35. The Morgan fingerprint density at radius 1 is 0.938 bits per heavy atom. The first kappa shape index (κ1) is 21.8. The smallest absolute Gasteiger partial charge is 0.253 e. The maximum absolute atomic E-state index is 12.9. The van der Waals surface area contributed by atoms with Gasteiger partial charge in [0.1, 0.15) is 5.75 Å². The molecule has 1 aromatic carbocycles. The number of carbonyl (C=O) groups excluding carboxylic acids is 1. The molecule has 1 saturated heterocycles. The lowest BCUT2D eigenvalue weighted by atomic mass is 10.1. The molecule has 4 rings (SSSR count). The van der Waals surface area contributed by atoms with Crippen LogP contribution in [0.3, 0.4) is 0 Å². The second-order valence-electron chi connectivity index (χ2n) is 8.01. The van der Waals surface area contributed by atoms with Crippen molar-refractivity contribution < 1.29 is 9.53 Å². The lowest BCUT2D eigenvalue weighted by Crippen LogP contribution is -2.49. The molecule has 3 aromatic rings. The molecule has 1 fully saturated rings. The van der Waals surface area contributed by atoms with E-state index in [2.05, 4.69) is 27.1 Å². The fourth-order valence-corrected chi connectivity index (χ4v) is 3.71. The summed E-state index contributed by atoms with van der Waals surface area (Å²) in [4.78, 5) is 16.9. The zero-order valence-corrected chi connectivity index (χ0v) is 18.8. The highest BCUT2D eigenvalue weighted by molar-refractivity contribution is 5.94. The average molecular weight is 435 g/mol. The van der Waals surface area contributed by atoms with E-state index in [-0.39, 0.29) is 5.91 Å². The van der Waals surface area contributed by atoms with E-state index in [0.29, 0.717) is 31.1 Å². The average Bonchev–Trinajstić information content (AvgIpc) is 3.28. The molecule has 32 heavy (non-hydrogen) atoms. The predicted molar refractivity (Wildman–Crippen MR) is 123 cm³/mol. The summed E-state index contributed by atoms with van der Waals surface area (Å²) in [6.07, 6.45) is 5.27. The first-order chi connectivity index (χ1) is 15.6. The van der Waals surface area contributed by atoms with Crippen LogP contribution in [0.25, 0.3) is 5.82 Å². The number of nitrogens with zero attached hydrogens (tertiary/aromatic N) is 6. The molecule has 8 heteroatoms. The van der Waals surface area contributed by atoms with Crippen molar-refractivity contribution in [3.05, 3.63) is 59.9 Å². The van der Waals surface area contributed by atoms with Crippen molar-refractivity contribution in [2.24, 2.45) is 0 Å². The Morgan fingerprint density at radius 3 is 2.28 bits per heavy atom. The van der Waals surface area contributed by atoms with Crippen molar-refractivity contribution in [3.8, 4) is 11.6 Å². The summed E-state index contributed by atoms with van der Waals surface area (Å²) < 4.78 is 7.45. The predicted octanol–water partition coefficient (Wildman–Crippen LogP) is 3.50. The van der Waals surface area contributed by atoms with Gasteiger partial charge in [-0.1, -0.05) is 19.8 Å². The summed E-state index contributed by atoms with van der Waals surface area (Å²) in [5, 5.41) is 13.0. The van der Waals surface area contributed by atoms with Crippen LogP contribution < -0.4 is 9.64 Å². The Morgan fingerprint density at radius 2 is 1.66 bits per heavy atom. The van der Waals surface area contributed by atoms with Crippen LogP contribution in [0.1, 0.15) is 42.2 Å². The summed E-state index contributed by atoms with van der Waals surface area (Å²) in [6, 6.07) is 13.3. The molecule has 0 atom stereocenters. The van der Waals surface area contributed by atoms with Crippen LogP contribution in [0.15, 0.2) is 48.7 Å². The van der Waals surface area contributed by atoms with Gasteiger partial charge in [0.2, 0.25) is 0 Å². The number of hydrogen-bond acceptors (Lipinski definition) is 6. The summed E-state index contributed by atoms with van der Waals surface area (Å²) >= 11 is 0. The monoisotopic (exact) mass is 434 g/mol. The molecule has 0 aliphatic carbocycles. The van der Waals surface area contributed by atoms with Crippen LogP contribution in [0, 0.1) is 6.92 Å². The number of ether oxygens (including phenoxy) is 1. The molecule has 0 spiro atoms. The molecule has 0 unspecified atom stereocenters. The largest absolute Gasteiger partial charge is 0.494 e. The van der Waals surface area contributed by atoms with E-state index >= 15 is 0 Å². The fraction of sp³-hybridized carbons (Fsp3) is 0.417. The van der Waals surface area contributed by atoms with E-state index in [1.165, 1.54) is 12.8 Å². The molecule has 8 nitrogen and oxygen atoms in total. The van der Waals surface area contributed by atoms with Crippen molar-refractivity contribution in [2.45, 2.75) is 33.1 Å². The maximum atomic E-state index is 12.9. The van der Waals surface area contributed by atoms with Gasteiger partial charge in [-0.15, -0.1) is 10.2 Å². The Kier molecular flexibility index (Phi) is 6.99. The van der Waals surface area contributed by atoms with E-state index in [1.54, 1.807) is 4.68 Å². The van der Waals surface area contributed by atoms with E-state index in [4.69, 9.17) is 4.74 Å². The highest BCUT2D eigenvalue weighted by Gasteiger charge is 2.23. The Hall–Kier alpha value is -3.42. The van der Waals surface area contributed by atoms with Crippen molar-refractivity contribution in [1.29, 1.82) is 0 Å². The van der Waals surface area contributed by atoms with Gasteiger partial charge < -0.3 is 14.5 Å². The molecule has 168 valence electrons. The second-order valence-corrected chi connectivity index (χ2v) is 8.01. The fourth-order valence-electron chi connectivity index (χ4n) is 3.71. The number of aryl methyl sites for hydroxylation is 1. The summed E-state index contributed by atoms with van der Waals surface area (Å²) in [5.41, 5.74) is 1.63. The SMILES string of the molecule is CCCCCOc1ccc(C(=O)N2CCN(c3ccc(-n4ccc(C)n4)nn3)CC2)cc1. The Balaban J connectivity index is 1.29. The first-order valence-corrected chi connectivity index (χ1v) is 11.3. The molecular formula is C24H30N6O2. The number of rotatable bonds is 8. The second kappa shape index (κ2) is 10.3. The first-order valence-electron chi connectivity index (χ1n) is 11.3. The van der Waals surface area contributed by atoms with Gasteiger partial charge in [-0.3, -0.25) is 4.79 Å². The number of benzene rings is 1. The minimum absolute atomic E-state index is 0.0534. The van der Waals surface area contributed by atoms with Crippen LogP contribution in [0.4, 0.5) is 5.82 Å². The van der Waals surface area contributed by atoms with Crippen molar-refractivity contribution in [2.75, 3.05) is 37.7 Å². The molecule has 3 heterocycles. The van der Waals surface area contributed by atoms with Gasteiger partial charge in [0.05, 0.1) is 12.3 Å². The van der Waals surface area contributed by atoms with Gasteiger partial charge in [-0.2, -0.15) is 5.10 Å².